The van der Waals surface area contributed by atoms with E-state index in [2.05, 4.69) is 24.0 Å². The van der Waals surface area contributed by atoms with E-state index in [1.807, 2.05) is 19.1 Å². The standard InChI is InChI=1S/C14H21NO/c1-3-12-7-6-10-15(12)14-9-5-4-8-13(14)11(2)16/h4-5,8-9,11-12,16H,3,6-7,10H2,1-2H3/t11-,12?/m0/s1. The van der Waals surface area contributed by atoms with Crippen LogP contribution in [0.3, 0.4) is 0 Å². The number of anilines is 1. The van der Waals surface area contributed by atoms with E-state index in [4.69, 9.17) is 0 Å². The molecule has 0 amide bonds. The fraction of sp³-hybridized carbons (Fsp3) is 0.571. The van der Waals surface area contributed by atoms with Gasteiger partial charge in [0.2, 0.25) is 0 Å². The maximum absolute atomic E-state index is 9.80. The molecular weight excluding hydrogens is 198 g/mol. The summed E-state index contributed by atoms with van der Waals surface area (Å²) in [5, 5.41) is 9.80. The topological polar surface area (TPSA) is 23.5 Å². The van der Waals surface area contributed by atoms with Gasteiger partial charge in [-0.1, -0.05) is 25.1 Å². The number of hydrogen-bond donors (Lipinski definition) is 1. The molecule has 0 bridgehead atoms. The van der Waals surface area contributed by atoms with Crippen molar-refractivity contribution < 1.29 is 5.11 Å². The predicted octanol–water partition coefficient (Wildman–Crippen LogP) is 3.12. The van der Waals surface area contributed by atoms with E-state index in [0.717, 1.165) is 12.1 Å². The molecule has 16 heavy (non-hydrogen) atoms. The van der Waals surface area contributed by atoms with Crippen LogP contribution < -0.4 is 4.90 Å². The fourth-order valence-electron chi connectivity index (χ4n) is 2.68. The van der Waals surface area contributed by atoms with Crippen LogP contribution in [0, 0.1) is 0 Å². The third kappa shape index (κ3) is 2.07. The SMILES string of the molecule is CCC1CCCN1c1ccccc1[C@H](C)O. The molecule has 1 aliphatic heterocycles. The molecule has 1 heterocycles. The van der Waals surface area contributed by atoms with Gasteiger partial charge in [-0.15, -0.1) is 0 Å². The number of rotatable bonds is 3. The lowest BCUT2D eigenvalue weighted by molar-refractivity contribution is 0.199. The number of benzene rings is 1. The first-order chi connectivity index (χ1) is 7.74. The van der Waals surface area contributed by atoms with Gasteiger partial charge in [0.05, 0.1) is 6.10 Å². The van der Waals surface area contributed by atoms with Crippen LogP contribution in [0.1, 0.15) is 44.8 Å². The summed E-state index contributed by atoms with van der Waals surface area (Å²) in [6.45, 7) is 5.21. The average molecular weight is 219 g/mol. The molecule has 2 heteroatoms. The number of aliphatic hydroxyl groups excluding tert-OH is 1. The van der Waals surface area contributed by atoms with Crippen LogP contribution >= 0.6 is 0 Å². The fourth-order valence-corrected chi connectivity index (χ4v) is 2.68. The monoisotopic (exact) mass is 219 g/mol. The van der Waals surface area contributed by atoms with E-state index < -0.39 is 0 Å². The summed E-state index contributed by atoms with van der Waals surface area (Å²) in [5.74, 6) is 0. The van der Waals surface area contributed by atoms with E-state index in [0.29, 0.717) is 6.04 Å². The molecule has 1 unspecified atom stereocenters. The Morgan fingerprint density at radius 3 is 2.88 bits per heavy atom. The zero-order chi connectivity index (χ0) is 11.5. The highest BCUT2D eigenvalue weighted by Gasteiger charge is 2.25. The van der Waals surface area contributed by atoms with Crippen molar-refractivity contribution in [3.8, 4) is 0 Å². The molecule has 88 valence electrons. The Morgan fingerprint density at radius 2 is 2.19 bits per heavy atom. The Morgan fingerprint density at radius 1 is 1.44 bits per heavy atom. The minimum absolute atomic E-state index is 0.380. The Labute approximate surface area is 97.9 Å². The highest BCUT2D eigenvalue weighted by molar-refractivity contribution is 5.56. The predicted molar refractivity (Wildman–Crippen MR) is 67.7 cm³/mol. The molecule has 2 nitrogen and oxygen atoms in total. The number of hydrogen-bond acceptors (Lipinski definition) is 2. The molecule has 1 aromatic carbocycles. The van der Waals surface area contributed by atoms with Gasteiger partial charge in [-0.25, -0.2) is 0 Å². The zero-order valence-electron chi connectivity index (χ0n) is 10.2. The lowest BCUT2D eigenvalue weighted by atomic mass is 10.1. The van der Waals surface area contributed by atoms with E-state index >= 15 is 0 Å². The Bertz CT molecular complexity index is 348. The van der Waals surface area contributed by atoms with E-state index in [9.17, 15) is 5.11 Å². The van der Waals surface area contributed by atoms with Crippen LogP contribution in [0.4, 0.5) is 5.69 Å². The summed E-state index contributed by atoms with van der Waals surface area (Å²) in [6.07, 6.45) is 3.36. The second-order valence-electron chi connectivity index (χ2n) is 4.63. The van der Waals surface area contributed by atoms with Gasteiger partial charge in [0.25, 0.3) is 0 Å². The van der Waals surface area contributed by atoms with Crippen molar-refractivity contribution >= 4 is 5.69 Å². The van der Waals surface area contributed by atoms with Crippen molar-refractivity contribution in [2.24, 2.45) is 0 Å². The molecule has 1 aliphatic rings. The van der Waals surface area contributed by atoms with Crippen LogP contribution in [0.25, 0.3) is 0 Å². The second-order valence-corrected chi connectivity index (χ2v) is 4.63. The molecule has 0 saturated carbocycles. The molecule has 0 spiro atoms. The maximum Gasteiger partial charge on any atom is 0.0781 e. The van der Waals surface area contributed by atoms with Gasteiger partial charge >= 0.3 is 0 Å². The van der Waals surface area contributed by atoms with Crippen molar-refractivity contribution in [3.05, 3.63) is 29.8 Å². The van der Waals surface area contributed by atoms with Gasteiger partial charge < -0.3 is 10.0 Å². The molecule has 0 radical (unpaired) electrons. The first-order valence-corrected chi connectivity index (χ1v) is 6.27. The normalized spacial score (nSPS) is 22.4. The molecule has 1 fully saturated rings. The second kappa shape index (κ2) is 4.88. The Kier molecular flexibility index (Phi) is 3.49. The van der Waals surface area contributed by atoms with E-state index in [1.54, 1.807) is 0 Å². The molecular formula is C14H21NO. The molecule has 2 atom stereocenters. The van der Waals surface area contributed by atoms with Crippen LogP contribution in [-0.4, -0.2) is 17.7 Å². The van der Waals surface area contributed by atoms with Crippen LogP contribution in [0.5, 0.6) is 0 Å². The summed E-state index contributed by atoms with van der Waals surface area (Å²) < 4.78 is 0. The number of aliphatic hydroxyl groups is 1. The minimum atomic E-state index is -0.380. The highest BCUT2D eigenvalue weighted by atomic mass is 16.3. The lowest BCUT2D eigenvalue weighted by Gasteiger charge is -2.28. The van der Waals surface area contributed by atoms with Crippen molar-refractivity contribution in [2.45, 2.75) is 45.3 Å². The Hall–Kier alpha value is -1.02. The molecule has 2 rings (SSSR count). The van der Waals surface area contributed by atoms with Crippen molar-refractivity contribution in [2.75, 3.05) is 11.4 Å². The molecule has 0 aromatic heterocycles. The van der Waals surface area contributed by atoms with E-state index in [-0.39, 0.29) is 6.10 Å². The Balaban J connectivity index is 2.32. The van der Waals surface area contributed by atoms with Crippen LogP contribution in [0.2, 0.25) is 0 Å². The van der Waals surface area contributed by atoms with Crippen molar-refractivity contribution in [1.29, 1.82) is 0 Å². The number of nitrogens with zero attached hydrogens (tertiary/aromatic N) is 1. The molecule has 1 aromatic rings. The zero-order valence-corrected chi connectivity index (χ0v) is 10.2. The first-order valence-electron chi connectivity index (χ1n) is 6.27. The summed E-state index contributed by atoms with van der Waals surface area (Å²) in [6, 6.07) is 8.88. The van der Waals surface area contributed by atoms with Gasteiger partial charge in [0.1, 0.15) is 0 Å². The van der Waals surface area contributed by atoms with Gasteiger partial charge in [0.15, 0.2) is 0 Å². The molecule has 1 saturated heterocycles. The quantitative estimate of drug-likeness (QED) is 0.844. The third-order valence-corrected chi connectivity index (χ3v) is 3.54. The van der Waals surface area contributed by atoms with E-state index in [1.165, 1.54) is 24.9 Å². The first kappa shape index (κ1) is 11.5. The molecule has 0 aliphatic carbocycles. The van der Waals surface area contributed by atoms with Gasteiger partial charge in [-0.3, -0.25) is 0 Å². The number of para-hydroxylation sites is 1. The summed E-state index contributed by atoms with van der Waals surface area (Å²) >= 11 is 0. The van der Waals surface area contributed by atoms with Gasteiger partial charge in [-0.05, 0) is 32.3 Å². The minimum Gasteiger partial charge on any atom is -0.389 e. The molecule has 1 N–H and O–H groups in total. The van der Waals surface area contributed by atoms with Gasteiger partial charge in [-0.2, -0.15) is 0 Å². The van der Waals surface area contributed by atoms with Crippen molar-refractivity contribution in [1.82, 2.24) is 0 Å². The largest absolute Gasteiger partial charge is 0.389 e. The lowest BCUT2D eigenvalue weighted by Crippen LogP contribution is -2.29. The highest BCUT2D eigenvalue weighted by Crippen LogP contribution is 2.32. The summed E-state index contributed by atoms with van der Waals surface area (Å²) in [5.41, 5.74) is 2.28. The smallest absolute Gasteiger partial charge is 0.0781 e. The van der Waals surface area contributed by atoms with Crippen LogP contribution in [0.15, 0.2) is 24.3 Å². The summed E-state index contributed by atoms with van der Waals surface area (Å²) in [7, 11) is 0. The average Bonchev–Trinajstić information content (AvgIpc) is 2.76. The van der Waals surface area contributed by atoms with Gasteiger partial charge in [0, 0.05) is 23.8 Å². The summed E-state index contributed by atoms with van der Waals surface area (Å²) in [4.78, 5) is 2.46. The third-order valence-electron chi connectivity index (χ3n) is 3.54. The maximum atomic E-state index is 9.80. The van der Waals surface area contributed by atoms with Crippen molar-refractivity contribution in [3.63, 3.8) is 0 Å². The van der Waals surface area contributed by atoms with Crippen LogP contribution in [-0.2, 0) is 0 Å².